The maximum absolute atomic E-state index is 3.93. The smallest absolute Gasteiger partial charge is 0.0400 e. The zero-order chi connectivity index (χ0) is 15.8. The van der Waals surface area contributed by atoms with Crippen molar-refractivity contribution in [1.29, 1.82) is 0 Å². The number of hydrogen-bond acceptors (Lipinski definition) is 2. The minimum absolute atomic E-state index is 0.840. The topological polar surface area (TPSA) is 12.0 Å². The number of aryl methyl sites for hydroxylation is 1. The maximum atomic E-state index is 3.93. The van der Waals surface area contributed by atoms with E-state index in [9.17, 15) is 0 Å². The van der Waals surface area contributed by atoms with Crippen LogP contribution in [0.15, 0.2) is 72.7 Å². The van der Waals surface area contributed by atoms with Gasteiger partial charge in [0.05, 0.1) is 0 Å². The summed E-state index contributed by atoms with van der Waals surface area (Å²) in [6.45, 7) is 10.7. The zero-order valence-electron chi connectivity index (χ0n) is 13.1. The van der Waals surface area contributed by atoms with Crippen LogP contribution in [0.5, 0.6) is 0 Å². The Bertz CT molecular complexity index is 628. The summed E-state index contributed by atoms with van der Waals surface area (Å²) < 4.78 is 0. The van der Waals surface area contributed by atoms with E-state index in [1.807, 2.05) is 0 Å². The first-order valence-electron chi connectivity index (χ1n) is 7.56. The second-order valence-corrected chi connectivity index (χ2v) is 6.28. The van der Waals surface area contributed by atoms with E-state index in [4.69, 9.17) is 0 Å². The lowest BCUT2D eigenvalue weighted by Crippen LogP contribution is -2.00. The highest BCUT2D eigenvalue weighted by Gasteiger charge is 1.99. The highest BCUT2D eigenvalue weighted by molar-refractivity contribution is 8.02. The van der Waals surface area contributed by atoms with Crippen molar-refractivity contribution < 1.29 is 0 Å². The van der Waals surface area contributed by atoms with Gasteiger partial charge in [-0.05, 0) is 40.1 Å². The molecule has 0 unspecified atom stereocenters. The lowest BCUT2D eigenvalue weighted by atomic mass is 10.1. The van der Waals surface area contributed by atoms with Gasteiger partial charge in [0.2, 0.25) is 0 Å². The number of rotatable bonds is 8. The van der Waals surface area contributed by atoms with Crippen LogP contribution < -0.4 is 5.32 Å². The van der Waals surface area contributed by atoms with Crippen LogP contribution in [-0.4, -0.2) is 0 Å². The molecule has 1 N–H and O–H groups in total. The van der Waals surface area contributed by atoms with Crippen LogP contribution in [0, 0.1) is 0 Å². The van der Waals surface area contributed by atoms with Crippen molar-refractivity contribution >= 4 is 17.4 Å². The van der Waals surface area contributed by atoms with E-state index in [1.54, 1.807) is 17.8 Å². The van der Waals surface area contributed by atoms with Gasteiger partial charge in [-0.3, -0.25) is 0 Å². The molecule has 0 aliphatic rings. The predicted molar refractivity (Wildman–Crippen MR) is 100 cm³/mol. The molecule has 0 radical (unpaired) electrons. The molecule has 1 nitrogen and oxygen atoms in total. The molecule has 0 aromatic heterocycles. The summed E-state index contributed by atoms with van der Waals surface area (Å²) in [7, 11) is 0. The molecule has 0 spiro atoms. The van der Waals surface area contributed by atoms with Crippen LogP contribution in [0.3, 0.4) is 0 Å². The number of allylic oxidation sites excluding steroid dienone is 1. The minimum Gasteiger partial charge on any atom is -0.381 e. The lowest BCUT2D eigenvalue weighted by molar-refractivity contribution is 1.12. The van der Waals surface area contributed by atoms with Gasteiger partial charge in [0.1, 0.15) is 0 Å². The Labute approximate surface area is 138 Å². The van der Waals surface area contributed by atoms with Gasteiger partial charge in [0.15, 0.2) is 0 Å². The van der Waals surface area contributed by atoms with Gasteiger partial charge in [-0.1, -0.05) is 62.6 Å². The fourth-order valence-electron chi connectivity index (χ4n) is 2.13. The lowest BCUT2D eigenvalue weighted by Gasteiger charge is -2.09. The van der Waals surface area contributed by atoms with E-state index < -0.39 is 0 Å². The summed E-state index contributed by atoms with van der Waals surface area (Å²) in [6.07, 6.45) is 2.88. The van der Waals surface area contributed by atoms with Gasteiger partial charge in [0, 0.05) is 18.0 Å². The Morgan fingerprint density at radius 2 is 1.82 bits per heavy atom. The molecule has 0 aliphatic carbocycles. The van der Waals surface area contributed by atoms with Crippen molar-refractivity contribution in [1.82, 2.24) is 0 Å². The first kappa shape index (κ1) is 16.4. The molecule has 0 fully saturated rings. The van der Waals surface area contributed by atoms with Crippen molar-refractivity contribution in [2.45, 2.75) is 25.6 Å². The molecule has 2 rings (SSSR count). The summed E-state index contributed by atoms with van der Waals surface area (Å²) in [6, 6.07) is 17.3. The number of hydrogen-bond donors (Lipinski definition) is 1. The largest absolute Gasteiger partial charge is 0.381 e. The standard InChI is InChI=1S/C20H23NS/c1-4-16(3)22-15-19-8-6-7-18(13-19)14-21-20-11-9-17(5-2)10-12-20/h4,6-13,21H,1,3,5,14-15H2,2H3. The fraction of sp³-hybridized carbons (Fsp3) is 0.200. The van der Waals surface area contributed by atoms with Crippen molar-refractivity contribution in [3.8, 4) is 0 Å². The SMILES string of the molecule is C=CC(=C)SCc1cccc(CNc2ccc(CC)cc2)c1. The monoisotopic (exact) mass is 309 g/mol. The van der Waals surface area contributed by atoms with Crippen molar-refractivity contribution in [2.24, 2.45) is 0 Å². The minimum atomic E-state index is 0.840. The van der Waals surface area contributed by atoms with E-state index >= 15 is 0 Å². The quantitative estimate of drug-likeness (QED) is 0.619. The summed E-state index contributed by atoms with van der Waals surface area (Å²) in [5, 5.41) is 3.47. The van der Waals surface area contributed by atoms with Crippen LogP contribution in [0.2, 0.25) is 0 Å². The van der Waals surface area contributed by atoms with Crippen molar-refractivity contribution in [2.75, 3.05) is 5.32 Å². The van der Waals surface area contributed by atoms with Crippen LogP contribution in [0.1, 0.15) is 23.6 Å². The number of benzene rings is 2. The average molecular weight is 309 g/mol. The Kier molecular flexibility index (Phi) is 6.35. The molecule has 2 heteroatoms. The molecule has 0 saturated carbocycles. The third-order valence-corrected chi connectivity index (χ3v) is 4.52. The molecule has 0 bridgehead atoms. The molecular weight excluding hydrogens is 286 g/mol. The van der Waals surface area contributed by atoms with Crippen molar-refractivity contribution in [3.63, 3.8) is 0 Å². The Morgan fingerprint density at radius 1 is 1.09 bits per heavy atom. The Balaban J connectivity index is 1.91. The van der Waals surface area contributed by atoms with Crippen LogP contribution in [0.4, 0.5) is 5.69 Å². The second kappa shape index (κ2) is 8.50. The van der Waals surface area contributed by atoms with Gasteiger partial charge in [0.25, 0.3) is 0 Å². The summed E-state index contributed by atoms with van der Waals surface area (Å²) >= 11 is 1.72. The molecule has 0 saturated heterocycles. The Hall–Kier alpha value is -1.93. The molecular formula is C20H23NS. The second-order valence-electron chi connectivity index (χ2n) is 5.18. The first-order chi connectivity index (χ1) is 10.7. The third-order valence-electron chi connectivity index (χ3n) is 3.50. The van der Waals surface area contributed by atoms with Gasteiger partial charge in [-0.2, -0.15) is 0 Å². The van der Waals surface area contributed by atoms with Gasteiger partial charge >= 0.3 is 0 Å². The number of thioether (sulfide) groups is 1. The normalized spacial score (nSPS) is 10.2. The molecule has 2 aromatic rings. The Morgan fingerprint density at radius 3 is 2.50 bits per heavy atom. The molecule has 114 valence electrons. The summed E-state index contributed by atoms with van der Waals surface area (Å²) in [4.78, 5) is 1.01. The molecule has 0 atom stereocenters. The van der Waals surface area contributed by atoms with Crippen LogP contribution in [0.25, 0.3) is 0 Å². The molecule has 0 amide bonds. The molecule has 0 aliphatic heterocycles. The summed E-state index contributed by atoms with van der Waals surface area (Å²) in [5.41, 5.74) is 5.14. The molecule has 0 heterocycles. The van der Waals surface area contributed by atoms with E-state index in [-0.39, 0.29) is 0 Å². The van der Waals surface area contributed by atoms with E-state index in [2.05, 4.69) is 73.9 Å². The van der Waals surface area contributed by atoms with Crippen LogP contribution >= 0.6 is 11.8 Å². The number of nitrogens with one attached hydrogen (secondary N) is 1. The van der Waals surface area contributed by atoms with Crippen molar-refractivity contribution in [3.05, 3.63) is 89.4 Å². The van der Waals surface area contributed by atoms with Gasteiger partial charge in [-0.25, -0.2) is 0 Å². The molecule has 2 aromatic carbocycles. The van der Waals surface area contributed by atoms with E-state index in [0.29, 0.717) is 0 Å². The molecule has 22 heavy (non-hydrogen) atoms. The zero-order valence-corrected chi connectivity index (χ0v) is 14.0. The predicted octanol–water partition coefficient (Wildman–Crippen LogP) is 5.79. The highest BCUT2D eigenvalue weighted by atomic mass is 32.2. The summed E-state index contributed by atoms with van der Waals surface area (Å²) in [5.74, 6) is 0.934. The fourth-order valence-corrected chi connectivity index (χ4v) is 2.78. The average Bonchev–Trinajstić information content (AvgIpc) is 2.58. The third kappa shape index (κ3) is 5.12. The van der Waals surface area contributed by atoms with Gasteiger partial charge < -0.3 is 5.32 Å². The van der Waals surface area contributed by atoms with E-state index in [1.165, 1.54) is 16.7 Å². The maximum Gasteiger partial charge on any atom is 0.0400 e. The van der Waals surface area contributed by atoms with Crippen LogP contribution in [-0.2, 0) is 18.7 Å². The first-order valence-corrected chi connectivity index (χ1v) is 8.54. The number of anilines is 1. The highest BCUT2D eigenvalue weighted by Crippen LogP contribution is 2.21. The van der Waals surface area contributed by atoms with Gasteiger partial charge in [-0.15, -0.1) is 11.8 Å². The van der Waals surface area contributed by atoms with E-state index in [0.717, 1.165) is 29.3 Å².